The molecule has 1 saturated heterocycles. The van der Waals surface area contributed by atoms with Crippen LogP contribution in [0.5, 0.6) is 17.2 Å². The summed E-state index contributed by atoms with van der Waals surface area (Å²) < 4.78 is 5.93. The summed E-state index contributed by atoms with van der Waals surface area (Å²) in [5.41, 5.74) is 2.53. The zero-order valence-electron chi connectivity index (χ0n) is 19.4. The van der Waals surface area contributed by atoms with Crippen molar-refractivity contribution in [3.63, 3.8) is 0 Å². The van der Waals surface area contributed by atoms with Gasteiger partial charge in [0.25, 0.3) is 0 Å². The van der Waals surface area contributed by atoms with Crippen LogP contribution in [0.15, 0.2) is 71.6 Å². The molecule has 0 spiro atoms. The van der Waals surface area contributed by atoms with Gasteiger partial charge in [-0.3, -0.25) is 9.69 Å². The zero-order valence-corrected chi connectivity index (χ0v) is 21.1. The predicted octanol–water partition coefficient (Wildman–Crippen LogP) is 6.20. The fraction of sp³-hybridized carbons (Fsp3) is 0.321. The molecule has 0 radical (unpaired) electrons. The molecule has 184 valence electrons. The summed E-state index contributed by atoms with van der Waals surface area (Å²) >= 11 is 1.58. The average Bonchev–Trinajstić information content (AvgIpc) is 3.23. The molecule has 3 aromatic carbocycles. The van der Waals surface area contributed by atoms with E-state index in [9.17, 15) is 15.0 Å². The second kappa shape index (κ2) is 11.4. The number of likely N-dealkylation sites (tertiary alicyclic amines) is 1. The van der Waals surface area contributed by atoms with Crippen molar-refractivity contribution < 1.29 is 19.7 Å². The van der Waals surface area contributed by atoms with Crippen molar-refractivity contribution >= 4 is 30.0 Å². The van der Waals surface area contributed by atoms with Crippen LogP contribution in [0.1, 0.15) is 51.9 Å². The number of hydrogen-bond donors (Lipinski definition) is 2. The number of thioether (sulfide) groups is 1. The number of rotatable bonds is 7. The third-order valence-electron chi connectivity index (χ3n) is 6.66. The monoisotopic (exact) mass is 511 g/mol. The molecule has 0 aromatic heterocycles. The van der Waals surface area contributed by atoms with Gasteiger partial charge in [0.15, 0.2) is 5.78 Å². The predicted molar refractivity (Wildman–Crippen MR) is 141 cm³/mol. The van der Waals surface area contributed by atoms with Gasteiger partial charge in [0.2, 0.25) is 0 Å². The molecule has 0 saturated carbocycles. The number of Topliss-reactive ketones (excluding diaryl/α,β-unsaturated/α-hetero) is 1. The largest absolute Gasteiger partial charge is 0.508 e. The van der Waals surface area contributed by atoms with Gasteiger partial charge in [-0.25, -0.2) is 0 Å². The Morgan fingerprint density at radius 1 is 0.914 bits per heavy atom. The summed E-state index contributed by atoms with van der Waals surface area (Å²) in [6.45, 7) is 3.87. The van der Waals surface area contributed by atoms with Crippen molar-refractivity contribution in [3.8, 4) is 17.2 Å². The second-order valence-electron chi connectivity index (χ2n) is 8.97. The first-order chi connectivity index (χ1) is 16.6. The van der Waals surface area contributed by atoms with Crippen LogP contribution < -0.4 is 4.74 Å². The molecule has 2 unspecified atom stereocenters. The number of phenols is 2. The number of piperidine rings is 1. The van der Waals surface area contributed by atoms with E-state index >= 15 is 0 Å². The number of phenolic OH excluding ortho intramolecular Hbond substituents is 2. The molecule has 2 aliphatic heterocycles. The summed E-state index contributed by atoms with van der Waals surface area (Å²) in [5, 5.41) is 19.5. The number of carbonyl (C=O) groups is 1. The molecule has 3 aromatic rings. The summed E-state index contributed by atoms with van der Waals surface area (Å²) in [5.74, 6) is 0.816. The van der Waals surface area contributed by atoms with Crippen LogP contribution in [0, 0.1) is 0 Å². The number of carbonyl (C=O) groups excluding carboxylic acids is 1. The van der Waals surface area contributed by atoms with Crippen LogP contribution in [0.25, 0.3) is 0 Å². The molecule has 0 bridgehead atoms. The molecule has 2 atom stereocenters. The highest BCUT2D eigenvalue weighted by Crippen LogP contribution is 2.56. The molecule has 0 amide bonds. The Balaban J connectivity index is 0.00000289. The van der Waals surface area contributed by atoms with E-state index in [1.807, 2.05) is 42.5 Å². The molecule has 35 heavy (non-hydrogen) atoms. The van der Waals surface area contributed by atoms with E-state index < -0.39 is 0 Å². The molecular formula is C28H30ClNO4S. The lowest BCUT2D eigenvalue weighted by molar-refractivity contribution is 0.0958. The quantitative estimate of drug-likeness (QED) is 0.368. The number of aromatic hydroxyl groups is 2. The highest BCUT2D eigenvalue weighted by atomic mass is 35.5. The normalized spacial score (nSPS) is 19.5. The third-order valence-corrected chi connectivity index (χ3v) is 8.06. The van der Waals surface area contributed by atoms with Crippen LogP contribution in [-0.2, 0) is 0 Å². The minimum absolute atomic E-state index is 0. The first-order valence-electron chi connectivity index (χ1n) is 11.9. The summed E-state index contributed by atoms with van der Waals surface area (Å²) in [6.07, 6.45) is 3.86. The molecule has 5 rings (SSSR count). The summed E-state index contributed by atoms with van der Waals surface area (Å²) in [6, 6.07) is 19.7. The average molecular weight is 512 g/mol. The number of fused-ring (bicyclic) bond motifs is 1. The Labute approximate surface area is 216 Å². The van der Waals surface area contributed by atoms with E-state index in [1.54, 1.807) is 36.0 Å². The number of ketones is 1. The van der Waals surface area contributed by atoms with E-state index in [0.717, 1.165) is 41.4 Å². The maximum Gasteiger partial charge on any atom is 0.171 e. The van der Waals surface area contributed by atoms with Crippen LogP contribution in [0.4, 0.5) is 0 Å². The van der Waals surface area contributed by atoms with Crippen LogP contribution in [0.3, 0.4) is 0 Å². The lowest BCUT2D eigenvalue weighted by Gasteiger charge is -2.26. The number of nitrogens with zero attached hydrogens (tertiary/aromatic N) is 1. The summed E-state index contributed by atoms with van der Waals surface area (Å²) in [7, 11) is 0. The molecule has 7 heteroatoms. The number of halogens is 1. The first kappa shape index (κ1) is 25.4. The maximum absolute atomic E-state index is 13.7. The van der Waals surface area contributed by atoms with Crippen LogP contribution >= 0.6 is 24.2 Å². The smallest absolute Gasteiger partial charge is 0.171 e. The van der Waals surface area contributed by atoms with Crippen LogP contribution in [-0.4, -0.2) is 47.1 Å². The lowest BCUT2D eigenvalue weighted by atomic mass is 9.85. The van der Waals surface area contributed by atoms with Crippen LogP contribution in [0.2, 0.25) is 0 Å². The Morgan fingerprint density at radius 2 is 1.60 bits per heavy atom. The number of ether oxygens (including phenoxy) is 1. The van der Waals surface area contributed by atoms with Gasteiger partial charge in [0.05, 0.1) is 5.92 Å². The second-order valence-corrected chi connectivity index (χ2v) is 10.2. The van der Waals surface area contributed by atoms with Gasteiger partial charge < -0.3 is 14.9 Å². The van der Waals surface area contributed by atoms with Crippen molar-refractivity contribution in [3.05, 3.63) is 83.4 Å². The van der Waals surface area contributed by atoms with E-state index in [2.05, 4.69) is 4.90 Å². The zero-order chi connectivity index (χ0) is 23.5. The Hall–Kier alpha value is -2.67. The summed E-state index contributed by atoms with van der Waals surface area (Å²) in [4.78, 5) is 17.1. The molecule has 2 heterocycles. The SMILES string of the molecule is Cl.O=C(c1ccc(OCCN2CCCCC2)cc1)C1c2ccc(O)cc2SC1c1ccc(O)cc1. The molecule has 5 nitrogen and oxygen atoms in total. The minimum atomic E-state index is -0.379. The lowest BCUT2D eigenvalue weighted by Crippen LogP contribution is -2.33. The standard InChI is InChI=1S/C28H29NO4S.ClH/c30-21-8-4-20(5-9-21)28-26(24-13-10-22(31)18-25(24)34-28)27(32)19-6-11-23(12-7-19)33-17-16-29-14-2-1-3-15-29;/h4-13,18,26,28,30-31H,1-3,14-17H2;1H. The van der Waals surface area contributed by atoms with Gasteiger partial charge in [0, 0.05) is 22.3 Å². The Bertz CT molecular complexity index is 1150. The van der Waals surface area contributed by atoms with Gasteiger partial charge in [-0.15, -0.1) is 24.2 Å². The van der Waals surface area contributed by atoms with Gasteiger partial charge >= 0.3 is 0 Å². The third kappa shape index (κ3) is 5.77. The van der Waals surface area contributed by atoms with Crippen molar-refractivity contribution in [2.45, 2.75) is 35.3 Å². The molecule has 2 N–H and O–H groups in total. The van der Waals surface area contributed by atoms with Crippen molar-refractivity contribution in [2.75, 3.05) is 26.2 Å². The van der Waals surface area contributed by atoms with Gasteiger partial charge in [-0.05, 0) is 85.6 Å². The van der Waals surface area contributed by atoms with E-state index in [-0.39, 0.29) is 40.9 Å². The molecule has 0 aliphatic carbocycles. The fourth-order valence-electron chi connectivity index (χ4n) is 4.82. The first-order valence-corrected chi connectivity index (χ1v) is 12.7. The van der Waals surface area contributed by atoms with Crippen molar-refractivity contribution in [1.29, 1.82) is 0 Å². The van der Waals surface area contributed by atoms with E-state index in [0.29, 0.717) is 12.2 Å². The Morgan fingerprint density at radius 3 is 2.31 bits per heavy atom. The number of hydrogen-bond acceptors (Lipinski definition) is 6. The number of benzene rings is 3. The Kier molecular flexibility index (Phi) is 8.26. The van der Waals surface area contributed by atoms with E-state index in [4.69, 9.17) is 4.74 Å². The minimum Gasteiger partial charge on any atom is -0.508 e. The van der Waals surface area contributed by atoms with Crippen molar-refractivity contribution in [2.24, 2.45) is 0 Å². The molecule has 1 fully saturated rings. The molecule has 2 aliphatic rings. The van der Waals surface area contributed by atoms with Crippen molar-refractivity contribution in [1.82, 2.24) is 4.90 Å². The fourth-order valence-corrected chi connectivity index (χ4v) is 6.32. The highest BCUT2D eigenvalue weighted by molar-refractivity contribution is 8.00. The topological polar surface area (TPSA) is 70.0 Å². The maximum atomic E-state index is 13.7. The van der Waals surface area contributed by atoms with E-state index in [1.165, 1.54) is 19.3 Å². The molecular weight excluding hydrogens is 482 g/mol. The highest BCUT2D eigenvalue weighted by Gasteiger charge is 2.39. The van der Waals surface area contributed by atoms with Gasteiger partial charge in [-0.2, -0.15) is 0 Å². The van der Waals surface area contributed by atoms with Gasteiger partial charge in [-0.1, -0.05) is 24.6 Å². The van der Waals surface area contributed by atoms with Gasteiger partial charge in [0.1, 0.15) is 23.9 Å².